The van der Waals surface area contributed by atoms with Crippen molar-refractivity contribution in [2.45, 2.75) is 46.6 Å². The minimum atomic E-state index is 0.728. The molecule has 1 saturated heterocycles. The largest absolute Gasteiger partial charge is 0.357 e. The Kier molecular flexibility index (Phi) is 7.56. The molecule has 2 heterocycles. The molecule has 1 fully saturated rings. The minimum Gasteiger partial charge on any atom is -0.357 e. The van der Waals surface area contributed by atoms with Gasteiger partial charge in [0.1, 0.15) is 0 Å². The molecule has 6 nitrogen and oxygen atoms in total. The molecule has 1 aromatic heterocycles. The molecule has 0 radical (unpaired) electrons. The summed E-state index contributed by atoms with van der Waals surface area (Å²) in [5, 5.41) is 11.3. The van der Waals surface area contributed by atoms with Gasteiger partial charge in [0.25, 0.3) is 0 Å². The fraction of sp³-hybridized carbons (Fsp3) is 0.778. The highest BCUT2D eigenvalue weighted by Crippen LogP contribution is 2.15. The normalized spacial score (nSPS) is 17.2. The molecule has 2 N–H and O–H groups in total. The fourth-order valence-electron chi connectivity index (χ4n) is 3.14. The summed E-state index contributed by atoms with van der Waals surface area (Å²) < 4.78 is 2.08. The van der Waals surface area contributed by atoms with Crippen LogP contribution < -0.4 is 10.6 Å². The molecule has 6 heteroatoms. The highest BCUT2D eigenvalue weighted by Gasteiger charge is 2.16. The van der Waals surface area contributed by atoms with Crippen LogP contribution in [0.1, 0.15) is 37.6 Å². The maximum absolute atomic E-state index is 4.78. The summed E-state index contributed by atoms with van der Waals surface area (Å²) >= 11 is 0. The van der Waals surface area contributed by atoms with E-state index in [0.29, 0.717) is 0 Å². The van der Waals surface area contributed by atoms with Crippen LogP contribution in [0.5, 0.6) is 0 Å². The third-order valence-corrected chi connectivity index (χ3v) is 4.63. The fourth-order valence-corrected chi connectivity index (χ4v) is 3.14. The molecule has 0 atom stereocenters. The average molecular weight is 335 g/mol. The van der Waals surface area contributed by atoms with Crippen LogP contribution in [-0.2, 0) is 6.54 Å². The number of piperidine rings is 1. The van der Waals surface area contributed by atoms with Crippen LogP contribution in [0.2, 0.25) is 0 Å². The number of aromatic nitrogens is 2. The molecular weight excluding hydrogens is 300 g/mol. The monoisotopic (exact) mass is 334 g/mol. The molecule has 0 amide bonds. The zero-order chi connectivity index (χ0) is 17.4. The molecule has 24 heavy (non-hydrogen) atoms. The van der Waals surface area contributed by atoms with Crippen molar-refractivity contribution in [3.8, 4) is 0 Å². The van der Waals surface area contributed by atoms with E-state index in [1.807, 2.05) is 6.92 Å². The summed E-state index contributed by atoms with van der Waals surface area (Å²) in [7, 11) is 2.20. The summed E-state index contributed by atoms with van der Waals surface area (Å²) in [4.78, 5) is 7.19. The van der Waals surface area contributed by atoms with E-state index < -0.39 is 0 Å². The summed E-state index contributed by atoms with van der Waals surface area (Å²) in [6, 6.07) is 2.13. The molecule has 1 aliphatic heterocycles. The van der Waals surface area contributed by atoms with Gasteiger partial charge in [0.15, 0.2) is 5.96 Å². The molecule has 0 saturated carbocycles. The van der Waals surface area contributed by atoms with Crippen LogP contribution in [0.4, 0.5) is 0 Å². The van der Waals surface area contributed by atoms with Gasteiger partial charge in [0, 0.05) is 31.9 Å². The van der Waals surface area contributed by atoms with E-state index in [1.54, 1.807) is 0 Å². The van der Waals surface area contributed by atoms with Gasteiger partial charge in [-0.15, -0.1) is 0 Å². The van der Waals surface area contributed by atoms with Crippen molar-refractivity contribution in [2.24, 2.45) is 10.9 Å². The van der Waals surface area contributed by atoms with E-state index in [9.17, 15) is 0 Å². The number of rotatable bonds is 7. The minimum absolute atomic E-state index is 0.728. The maximum atomic E-state index is 4.78. The summed E-state index contributed by atoms with van der Waals surface area (Å²) in [6.07, 6.45) is 3.56. The SMILES string of the molecule is CCNC(=NCC1CCN(C)CC1)NCCCn1nc(C)cc1C. The molecule has 136 valence electrons. The molecule has 1 aliphatic rings. The van der Waals surface area contributed by atoms with Gasteiger partial charge in [0.2, 0.25) is 0 Å². The van der Waals surface area contributed by atoms with Gasteiger partial charge < -0.3 is 15.5 Å². The predicted octanol–water partition coefficient (Wildman–Crippen LogP) is 1.79. The molecule has 2 rings (SSSR count). The lowest BCUT2D eigenvalue weighted by molar-refractivity contribution is 0.223. The van der Waals surface area contributed by atoms with Gasteiger partial charge in [-0.25, -0.2) is 0 Å². The second-order valence-corrected chi connectivity index (χ2v) is 6.90. The molecule has 0 bridgehead atoms. The third kappa shape index (κ3) is 6.15. The Morgan fingerprint density at radius 2 is 2.04 bits per heavy atom. The van der Waals surface area contributed by atoms with Crippen LogP contribution in [0, 0.1) is 19.8 Å². The molecule has 0 aliphatic carbocycles. The average Bonchev–Trinajstić information content (AvgIpc) is 2.88. The van der Waals surface area contributed by atoms with Crippen molar-refractivity contribution in [3.63, 3.8) is 0 Å². The zero-order valence-electron chi connectivity index (χ0n) is 15.8. The second-order valence-electron chi connectivity index (χ2n) is 6.90. The Morgan fingerprint density at radius 1 is 1.29 bits per heavy atom. The highest BCUT2D eigenvalue weighted by atomic mass is 15.3. The van der Waals surface area contributed by atoms with Gasteiger partial charge in [-0.05, 0) is 72.2 Å². The van der Waals surface area contributed by atoms with Crippen molar-refractivity contribution in [1.29, 1.82) is 0 Å². The van der Waals surface area contributed by atoms with Crippen molar-refractivity contribution in [3.05, 3.63) is 17.5 Å². The molecule has 1 aromatic rings. The van der Waals surface area contributed by atoms with Crippen molar-refractivity contribution < 1.29 is 0 Å². The first-order valence-electron chi connectivity index (χ1n) is 9.30. The predicted molar refractivity (Wildman–Crippen MR) is 101 cm³/mol. The van der Waals surface area contributed by atoms with E-state index in [0.717, 1.165) is 50.2 Å². The Balaban J connectivity index is 1.72. The zero-order valence-corrected chi connectivity index (χ0v) is 15.8. The number of guanidine groups is 1. The van der Waals surface area contributed by atoms with E-state index in [-0.39, 0.29) is 0 Å². The number of likely N-dealkylation sites (tertiary alicyclic amines) is 1. The van der Waals surface area contributed by atoms with Crippen molar-refractivity contribution >= 4 is 5.96 Å². The molecule has 0 unspecified atom stereocenters. The summed E-state index contributed by atoms with van der Waals surface area (Å²) in [6.45, 7) is 12.4. The van der Waals surface area contributed by atoms with E-state index >= 15 is 0 Å². The third-order valence-electron chi connectivity index (χ3n) is 4.63. The first-order chi connectivity index (χ1) is 11.6. The quantitative estimate of drug-likeness (QED) is 0.453. The van der Waals surface area contributed by atoms with Gasteiger partial charge in [0.05, 0.1) is 5.69 Å². The summed E-state index contributed by atoms with van der Waals surface area (Å²) in [5.74, 6) is 1.68. The number of nitrogens with one attached hydrogen (secondary N) is 2. The molecule has 0 aromatic carbocycles. The van der Waals surface area contributed by atoms with Gasteiger partial charge >= 0.3 is 0 Å². The Morgan fingerprint density at radius 3 is 2.67 bits per heavy atom. The number of aliphatic imine (C=N–C) groups is 1. The lowest BCUT2D eigenvalue weighted by Crippen LogP contribution is -2.39. The highest BCUT2D eigenvalue weighted by molar-refractivity contribution is 5.79. The van der Waals surface area contributed by atoms with Crippen LogP contribution in [0.15, 0.2) is 11.1 Å². The van der Waals surface area contributed by atoms with Crippen molar-refractivity contribution in [1.82, 2.24) is 25.3 Å². The standard InChI is InChI=1S/C18H34N6/c1-5-19-18(21-14-17-7-11-23(4)12-8-17)20-9-6-10-24-16(3)13-15(2)22-24/h13,17H,5-12,14H2,1-4H3,(H2,19,20,21). The number of nitrogens with zero attached hydrogens (tertiary/aromatic N) is 4. The first kappa shape index (κ1) is 18.8. The summed E-state index contributed by atoms with van der Waals surface area (Å²) in [5.41, 5.74) is 2.32. The smallest absolute Gasteiger partial charge is 0.191 e. The Hall–Kier alpha value is -1.56. The number of hydrogen-bond donors (Lipinski definition) is 2. The number of aryl methyl sites for hydroxylation is 3. The van der Waals surface area contributed by atoms with Crippen molar-refractivity contribution in [2.75, 3.05) is 39.8 Å². The van der Waals surface area contributed by atoms with Gasteiger partial charge in [-0.2, -0.15) is 5.10 Å². The second kappa shape index (κ2) is 9.67. The van der Waals surface area contributed by atoms with Crippen LogP contribution in [0.3, 0.4) is 0 Å². The molecular formula is C18H34N6. The van der Waals surface area contributed by atoms with Crippen LogP contribution in [0.25, 0.3) is 0 Å². The Bertz CT molecular complexity index is 514. The van der Waals surface area contributed by atoms with Gasteiger partial charge in [-0.3, -0.25) is 9.67 Å². The molecule has 0 spiro atoms. The lowest BCUT2D eigenvalue weighted by atomic mass is 9.97. The first-order valence-corrected chi connectivity index (χ1v) is 9.30. The lowest BCUT2D eigenvalue weighted by Gasteiger charge is -2.28. The van der Waals surface area contributed by atoms with E-state index in [4.69, 9.17) is 4.99 Å². The van der Waals surface area contributed by atoms with Crippen LogP contribution >= 0.6 is 0 Å². The maximum Gasteiger partial charge on any atom is 0.191 e. The van der Waals surface area contributed by atoms with E-state index in [1.165, 1.54) is 31.6 Å². The number of hydrogen-bond acceptors (Lipinski definition) is 3. The van der Waals surface area contributed by atoms with Crippen LogP contribution in [-0.4, -0.2) is 60.4 Å². The van der Waals surface area contributed by atoms with Gasteiger partial charge in [-0.1, -0.05) is 0 Å². The Labute approximate surface area is 146 Å². The topological polar surface area (TPSA) is 57.5 Å². The van der Waals surface area contributed by atoms with E-state index in [2.05, 4.69) is 52.3 Å².